The molecule has 0 bridgehead atoms. The largest absolute Gasteiger partial charge is 0.481 e. The van der Waals surface area contributed by atoms with Crippen LogP contribution in [0.5, 0.6) is 0 Å². The van der Waals surface area contributed by atoms with Gasteiger partial charge in [-0.05, 0) is 61.7 Å². The van der Waals surface area contributed by atoms with Gasteiger partial charge in [0.25, 0.3) is 0 Å². The van der Waals surface area contributed by atoms with Crippen LogP contribution in [0.1, 0.15) is 39.5 Å². The van der Waals surface area contributed by atoms with Crippen molar-refractivity contribution >= 4 is 11.8 Å². The summed E-state index contributed by atoms with van der Waals surface area (Å²) in [6, 6.07) is 0. The monoisotopic (exact) mass is 366 g/mol. The Labute approximate surface area is 151 Å². The molecule has 26 heavy (non-hydrogen) atoms. The van der Waals surface area contributed by atoms with Crippen molar-refractivity contribution in [3.05, 3.63) is 23.8 Å². The molecule has 0 spiro atoms. The number of ketones is 1. The first-order chi connectivity index (χ1) is 12.1. The number of carbonyl (C=O) groups excluding carboxylic acids is 1. The third-order valence-electron chi connectivity index (χ3n) is 7.92. The fourth-order valence-corrected chi connectivity index (χ4v) is 6.61. The summed E-state index contributed by atoms with van der Waals surface area (Å²) in [4.78, 5) is 23.4. The Hall–Kier alpha value is -1.56. The second-order valence-electron chi connectivity index (χ2n) is 8.92. The lowest BCUT2D eigenvalue weighted by molar-refractivity contribution is -0.204. The van der Waals surface area contributed by atoms with Crippen molar-refractivity contribution < 1.29 is 28.6 Å². The molecule has 0 heterocycles. The molecule has 6 heteroatoms. The lowest BCUT2D eigenvalue weighted by Gasteiger charge is -2.62. The summed E-state index contributed by atoms with van der Waals surface area (Å²) in [6.07, 6.45) is 1.77. The fourth-order valence-electron chi connectivity index (χ4n) is 6.61. The fraction of sp³-hybridized carbons (Fsp3) is 0.700. The lowest BCUT2D eigenvalue weighted by Crippen LogP contribution is -2.68. The molecule has 4 nitrogen and oxygen atoms in total. The van der Waals surface area contributed by atoms with Crippen LogP contribution in [0.15, 0.2) is 23.8 Å². The molecular formula is C20H24F2O4. The Kier molecular flexibility index (Phi) is 3.60. The number of aliphatic carboxylic acids is 1. The zero-order valence-corrected chi connectivity index (χ0v) is 14.9. The minimum absolute atomic E-state index is 0.0310. The molecule has 0 aromatic carbocycles. The normalized spacial score (nSPS) is 52.7. The van der Waals surface area contributed by atoms with E-state index in [2.05, 4.69) is 0 Å². The number of allylic oxidation sites excluding steroid dienone is 4. The van der Waals surface area contributed by atoms with E-state index in [-0.39, 0.29) is 30.1 Å². The van der Waals surface area contributed by atoms with Crippen molar-refractivity contribution in [2.24, 2.45) is 28.6 Å². The number of alkyl halides is 2. The van der Waals surface area contributed by atoms with Gasteiger partial charge in [0.15, 0.2) is 11.5 Å². The smallest absolute Gasteiger partial charge is 0.307 e. The van der Waals surface area contributed by atoms with Crippen molar-refractivity contribution in [2.75, 3.05) is 0 Å². The van der Waals surface area contributed by atoms with Crippen LogP contribution in [0.25, 0.3) is 0 Å². The van der Waals surface area contributed by atoms with Crippen LogP contribution >= 0.6 is 0 Å². The Morgan fingerprint density at radius 2 is 1.96 bits per heavy atom. The second-order valence-corrected chi connectivity index (χ2v) is 8.92. The number of carboxylic acid groups (broad SMARTS) is 1. The molecule has 142 valence electrons. The van der Waals surface area contributed by atoms with Gasteiger partial charge in [-0.3, -0.25) is 9.59 Å². The second kappa shape index (κ2) is 5.24. The molecule has 4 aliphatic rings. The van der Waals surface area contributed by atoms with E-state index in [1.807, 2.05) is 0 Å². The maximum Gasteiger partial charge on any atom is 0.307 e. The van der Waals surface area contributed by atoms with E-state index < -0.39 is 46.6 Å². The van der Waals surface area contributed by atoms with Crippen LogP contribution < -0.4 is 0 Å². The molecule has 8 atom stereocenters. The quantitative estimate of drug-likeness (QED) is 0.748. The number of fused-ring (bicyclic) bond motifs is 5. The molecular weight excluding hydrogens is 342 g/mol. The van der Waals surface area contributed by atoms with Gasteiger partial charge in [-0.25, -0.2) is 8.78 Å². The standard InChI is InChI=1S/C20H24F2O4/c1-18-9-16(24)20(22)13(11(18)3-4-12(18)17(25)26)8-15(21)14-7-10(23)5-6-19(14,20)2/h5-7,11-13,15-16,24H,3-4,8-9H2,1-2H3,(H,25,26). The maximum atomic E-state index is 16.6. The summed E-state index contributed by atoms with van der Waals surface area (Å²) >= 11 is 0. The number of rotatable bonds is 1. The van der Waals surface area contributed by atoms with Gasteiger partial charge in [-0.15, -0.1) is 0 Å². The van der Waals surface area contributed by atoms with E-state index in [4.69, 9.17) is 0 Å². The number of hydrogen-bond donors (Lipinski definition) is 2. The molecule has 3 saturated carbocycles. The van der Waals surface area contributed by atoms with E-state index >= 15 is 8.78 Å². The van der Waals surface area contributed by atoms with Crippen molar-refractivity contribution in [1.82, 2.24) is 0 Å². The molecule has 2 N–H and O–H groups in total. The Bertz CT molecular complexity index is 746. The van der Waals surface area contributed by atoms with Crippen molar-refractivity contribution in [3.8, 4) is 0 Å². The topological polar surface area (TPSA) is 74.6 Å². The Balaban J connectivity index is 1.84. The van der Waals surface area contributed by atoms with Crippen molar-refractivity contribution in [1.29, 1.82) is 0 Å². The molecule has 0 radical (unpaired) electrons. The highest BCUT2D eigenvalue weighted by atomic mass is 19.1. The summed E-state index contributed by atoms with van der Waals surface area (Å²) in [5.41, 5.74) is -4.17. The van der Waals surface area contributed by atoms with E-state index in [0.717, 1.165) is 6.08 Å². The van der Waals surface area contributed by atoms with E-state index in [0.29, 0.717) is 12.8 Å². The van der Waals surface area contributed by atoms with Crippen LogP contribution in [0.3, 0.4) is 0 Å². The van der Waals surface area contributed by atoms with Crippen molar-refractivity contribution in [3.63, 3.8) is 0 Å². The Morgan fingerprint density at radius 1 is 1.27 bits per heavy atom. The molecule has 0 amide bonds. The first-order valence-corrected chi connectivity index (χ1v) is 9.25. The maximum absolute atomic E-state index is 16.6. The molecule has 4 rings (SSSR count). The van der Waals surface area contributed by atoms with Crippen LogP contribution in [0, 0.1) is 28.6 Å². The molecule has 3 fully saturated rings. The molecule has 0 saturated heterocycles. The SMILES string of the molecule is CC12CC(O)C3(F)C(CC(F)C4=CC(=O)C=CC43C)C1CCC2C(=O)O. The third-order valence-corrected chi connectivity index (χ3v) is 7.92. The van der Waals surface area contributed by atoms with Gasteiger partial charge in [-0.1, -0.05) is 13.0 Å². The number of aliphatic hydroxyl groups excluding tert-OH is 1. The molecule has 8 unspecified atom stereocenters. The summed E-state index contributed by atoms with van der Waals surface area (Å²) in [6.45, 7) is 3.35. The van der Waals surface area contributed by atoms with Gasteiger partial charge in [0, 0.05) is 11.3 Å². The first-order valence-electron chi connectivity index (χ1n) is 9.25. The molecule has 4 aliphatic carbocycles. The van der Waals surface area contributed by atoms with Gasteiger partial charge in [-0.2, -0.15) is 0 Å². The summed E-state index contributed by atoms with van der Waals surface area (Å²) < 4.78 is 31.6. The zero-order chi connectivity index (χ0) is 19.1. The number of halogens is 2. The predicted octanol–water partition coefficient (Wildman–Crippen LogP) is 3.01. The average Bonchev–Trinajstić information content (AvgIpc) is 2.89. The number of carboxylic acids is 1. The zero-order valence-electron chi connectivity index (χ0n) is 14.9. The molecule has 0 aliphatic heterocycles. The summed E-state index contributed by atoms with van der Waals surface area (Å²) in [5.74, 6) is -3.05. The number of aliphatic hydroxyl groups is 1. The first kappa shape index (κ1) is 17.8. The minimum atomic E-state index is -2.11. The van der Waals surface area contributed by atoms with Gasteiger partial charge in [0.1, 0.15) is 6.17 Å². The molecule has 0 aromatic heterocycles. The van der Waals surface area contributed by atoms with Crippen LogP contribution in [-0.4, -0.2) is 39.9 Å². The van der Waals surface area contributed by atoms with Gasteiger partial charge in [0.2, 0.25) is 0 Å². The highest BCUT2D eigenvalue weighted by Gasteiger charge is 2.72. The Morgan fingerprint density at radius 3 is 2.62 bits per heavy atom. The average molecular weight is 366 g/mol. The van der Waals surface area contributed by atoms with E-state index in [1.54, 1.807) is 13.8 Å². The third kappa shape index (κ3) is 1.91. The van der Waals surface area contributed by atoms with E-state index in [1.165, 1.54) is 12.2 Å². The predicted molar refractivity (Wildman–Crippen MR) is 89.8 cm³/mol. The summed E-state index contributed by atoms with van der Waals surface area (Å²) in [7, 11) is 0. The van der Waals surface area contributed by atoms with Crippen LogP contribution in [-0.2, 0) is 9.59 Å². The van der Waals surface area contributed by atoms with E-state index in [9.17, 15) is 19.8 Å². The van der Waals surface area contributed by atoms with Gasteiger partial charge in [0.05, 0.1) is 12.0 Å². The van der Waals surface area contributed by atoms with Gasteiger partial charge >= 0.3 is 5.97 Å². The van der Waals surface area contributed by atoms with Crippen LogP contribution in [0.4, 0.5) is 8.78 Å². The summed E-state index contributed by atoms with van der Waals surface area (Å²) in [5, 5.41) is 20.5. The molecule has 0 aromatic rings. The van der Waals surface area contributed by atoms with Gasteiger partial charge < -0.3 is 10.2 Å². The lowest BCUT2D eigenvalue weighted by atomic mass is 9.45. The van der Waals surface area contributed by atoms with Crippen LogP contribution in [0.2, 0.25) is 0 Å². The highest BCUT2D eigenvalue weighted by molar-refractivity contribution is 6.01. The number of carbonyl (C=O) groups is 2. The number of hydrogen-bond acceptors (Lipinski definition) is 3. The van der Waals surface area contributed by atoms with Crippen molar-refractivity contribution in [2.45, 2.75) is 57.5 Å². The highest BCUT2D eigenvalue weighted by Crippen LogP contribution is 2.69. The minimum Gasteiger partial charge on any atom is -0.481 e.